The van der Waals surface area contributed by atoms with E-state index >= 15 is 0 Å². The molecule has 0 N–H and O–H groups in total. The lowest BCUT2D eigenvalue weighted by atomic mass is 9.89. The Balaban J connectivity index is 1.67. The van der Waals surface area contributed by atoms with Crippen LogP contribution < -0.4 is 4.74 Å². The first kappa shape index (κ1) is 18.2. The predicted molar refractivity (Wildman–Crippen MR) is 97.3 cm³/mol. The van der Waals surface area contributed by atoms with Gasteiger partial charge in [0, 0.05) is 24.0 Å². The summed E-state index contributed by atoms with van der Waals surface area (Å²) in [4.78, 5) is 29.6. The molecule has 2 heterocycles. The second-order valence-corrected chi connectivity index (χ2v) is 7.31. The lowest BCUT2D eigenvalue weighted by molar-refractivity contribution is -0.133. The predicted octanol–water partition coefficient (Wildman–Crippen LogP) is 2.87. The van der Waals surface area contributed by atoms with Gasteiger partial charge in [0.05, 0.1) is 19.2 Å². The zero-order valence-corrected chi connectivity index (χ0v) is 15.4. The smallest absolute Gasteiger partial charge is 0.236 e. The Morgan fingerprint density at radius 1 is 1.20 bits per heavy atom. The van der Waals surface area contributed by atoms with E-state index in [1.165, 1.54) is 12.8 Å². The van der Waals surface area contributed by atoms with Crippen LogP contribution in [0.4, 0.5) is 0 Å². The number of nitrogens with zero attached hydrogens (tertiary/aromatic N) is 2. The number of carbonyl (C=O) groups excluding carboxylic acids is 2. The van der Waals surface area contributed by atoms with E-state index < -0.39 is 0 Å². The van der Waals surface area contributed by atoms with Crippen LogP contribution >= 0.6 is 11.6 Å². The molecule has 2 fully saturated rings. The van der Waals surface area contributed by atoms with Gasteiger partial charge in [-0.1, -0.05) is 11.6 Å². The van der Waals surface area contributed by atoms with Crippen LogP contribution in [0.25, 0.3) is 0 Å². The number of halogens is 1. The SMILES string of the molecule is COc1ccc(Cl)cc1C(=O)[C@@H]1CCCN(C(=O)CN2CCCC2)C1. The third-order valence-electron chi connectivity index (χ3n) is 5.13. The Morgan fingerprint density at radius 2 is 1.96 bits per heavy atom. The summed E-state index contributed by atoms with van der Waals surface area (Å²) in [5.74, 6) is 0.494. The topological polar surface area (TPSA) is 49.9 Å². The van der Waals surface area contributed by atoms with Crippen molar-refractivity contribution in [1.82, 2.24) is 9.80 Å². The molecule has 2 aliphatic rings. The molecule has 25 heavy (non-hydrogen) atoms. The third-order valence-corrected chi connectivity index (χ3v) is 5.36. The molecule has 1 aromatic rings. The van der Waals surface area contributed by atoms with Crippen LogP contribution in [0.2, 0.25) is 5.02 Å². The first-order valence-corrected chi connectivity index (χ1v) is 9.34. The number of rotatable bonds is 5. The van der Waals surface area contributed by atoms with Crippen molar-refractivity contribution in [1.29, 1.82) is 0 Å². The zero-order valence-electron chi connectivity index (χ0n) is 14.7. The summed E-state index contributed by atoms with van der Waals surface area (Å²) in [6.45, 7) is 3.70. The van der Waals surface area contributed by atoms with Crippen LogP contribution in [0.5, 0.6) is 5.75 Å². The van der Waals surface area contributed by atoms with Crippen LogP contribution in [0.3, 0.4) is 0 Å². The average Bonchev–Trinajstić information content (AvgIpc) is 3.14. The van der Waals surface area contributed by atoms with Crippen molar-refractivity contribution >= 4 is 23.3 Å². The minimum Gasteiger partial charge on any atom is -0.496 e. The fourth-order valence-electron chi connectivity index (χ4n) is 3.74. The lowest BCUT2D eigenvalue weighted by Gasteiger charge is -2.33. The first-order valence-electron chi connectivity index (χ1n) is 8.96. The molecule has 0 saturated carbocycles. The van der Waals surface area contributed by atoms with Crippen LogP contribution in [0.15, 0.2) is 18.2 Å². The highest BCUT2D eigenvalue weighted by Gasteiger charge is 2.31. The third kappa shape index (κ3) is 4.33. The van der Waals surface area contributed by atoms with E-state index in [0.29, 0.717) is 29.4 Å². The van der Waals surface area contributed by atoms with Gasteiger partial charge >= 0.3 is 0 Å². The van der Waals surface area contributed by atoms with Crippen molar-refractivity contribution in [3.05, 3.63) is 28.8 Å². The number of carbonyl (C=O) groups is 2. The van der Waals surface area contributed by atoms with E-state index in [1.54, 1.807) is 25.3 Å². The highest BCUT2D eigenvalue weighted by molar-refractivity contribution is 6.31. The summed E-state index contributed by atoms with van der Waals surface area (Å²) >= 11 is 6.05. The highest BCUT2D eigenvalue weighted by atomic mass is 35.5. The summed E-state index contributed by atoms with van der Waals surface area (Å²) in [5, 5.41) is 0.516. The first-order chi connectivity index (χ1) is 12.1. The second-order valence-electron chi connectivity index (χ2n) is 6.87. The van der Waals surface area contributed by atoms with Crippen molar-refractivity contribution < 1.29 is 14.3 Å². The van der Waals surface area contributed by atoms with Crippen molar-refractivity contribution in [3.63, 3.8) is 0 Å². The molecule has 0 aromatic heterocycles. The quantitative estimate of drug-likeness (QED) is 0.754. The number of piperidine rings is 1. The maximum atomic E-state index is 13.0. The summed E-state index contributed by atoms with van der Waals surface area (Å²) in [6, 6.07) is 5.09. The van der Waals surface area contributed by atoms with Gasteiger partial charge in [-0.05, 0) is 57.0 Å². The standard InChI is InChI=1S/C19H25ClN2O3/c1-25-17-7-6-15(20)11-16(17)19(24)14-5-4-10-22(12-14)18(23)13-21-8-2-3-9-21/h6-7,11,14H,2-5,8-10,12-13H2,1H3/t14-/m1/s1. The molecule has 1 aromatic carbocycles. The number of likely N-dealkylation sites (tertiary alicyclic amines) is 2. The minimum atomic E-state index is -0.191. The van der Waals surface area contributed by atoms with E-state index in [2.05, 4.69) is 4.90 Å². The molecule has 5 nitrogen and oxygen atoms in total. The van der Waals surface area contributed by atoms with E-state index in [-0.39, 0.29) is 17.6 Å². The maximum Gasteiger partial charge on any atom is 0.236 e. The largest absolute Gasteiger partial charge is 0.496 e. The van der Waals surface area contributed by atoms with Crippen LogP contribution in [0.1, 0.15) is 36.0 Å². The summed E-state index contributed by atoms with van der Waals surface area (Å²) < 4.78 is 5.31. The van der Waals surface area contributed by atoms with Gasteiger partial charge in [-0.15, -0.1) is 0 Å². The normalized spacial score (nSPS) is 21.4. The molecule has 2 aliphatic heterocycles. The summed E-state index contributed by atoms with van der Waals surface area (Å²) in [7, 11) is 1.55. The molecule has 3 rings (SSSR count). The second kappa shape index (κ2) is 8.19. The fraction of sp³-hybridized carbons (Fsp3) is 0.579. The Hall–Kier alpha value is -1.59. The Bertz CT molecular complexity index is 644. The minimum absolute atomic E-state index is 0.0121. The van der Waals surface area contributed by atoms with Crippen molar-refractivity contribution in [2.45, 2.75) is 25.7 Å². The van der Waals surface area contributed by atoms with Gasteiger partial charge in [0.15, 0.2) is 5.78 Å². The molecule has 1 amide bonds. The molecule has 0 radical (unpaired) electrons. The number of Topliss-reactive ketones (excluding diaryl/α,β-unsaturated/α-hetero) is 1. The fourth-order valence-corrected chi connectivity index (χ4v) is 3.91. The highest BCUT2D eigenvalue weighted by Crippen LogP contribution is 2.28. The maximum absolute atomic E-state index is 13.0. The summed E-state index contributed by atoms with van der Waals surface area (Å²) in [6.07, 6.45) is 3.99. The van der Waals surface area contributed by atoms with E-state index in [0.717, 1.165) is 32.5 Å². The molecule has 2 saturated heterocycles. The van der Waals surface area contributed by atoms with E-state index in [4.69, 9.17) is 16.3 Å². The molecule has 6 heteroatoms. The molecule has 1 atom stereocenters. The molecular formula is C19H25ClN2O3. The van der Waals surface area contributed by atoms with Gasteiger partial charge in [-0.3, -0.25) is 14.5 Å². The number of hydrogen-bond acceptors (Lipinski definition) is 4. The van der Waals surface area contributed by atoms with Crippen molar-refractivity contribution in [3.8, 4) is 5.75 Å². The van der Waals surface area contributed by atoms with Crippen molar-refractivity contribution in [2.24, 2.45) is 5.92 Å². The number of benzene rings is 1. The number of methoxy groups -OCH3 is 1. The lowest BCUT2D eigenvalue weighted by Crippen LogP contribution is -2.46. The number of hydrogen-bond donors (Lipinski definition) is 0. The zero-order chi connectivity index (χ0) is 17.8. The summed E-state index contributed by atoms with van der Waals surface area (Å²) in [5.41, 5.74) is 0.508. The van der Waals surface area contributed by atoms with Gasteiger partial charge in [0.1, 0.15) is 5.75 Å². The number of ketones is 1. The molecule has 0 bridgehead atoms. The average molecular weight is 365 g/mol. The van der Waals surface area contributed by atoms with Gasteiger partial charge in [-0.2, -0.15) is 0 Å². The molecular weight excluding hydrogens is 340 g/mol. The Morgan fingerprint density at radius 3 is 2.68 bits per heavy atom. The molecule has 0 unspecified atom stereocenters. The number of amides is 1. The van der Waals surface area contributed by atoms with Gasteiger partial charge in [0.2, 0.25) is 5.91 Å². The monoisotopic (exact) mass is 364 g/mol. The van der Waals surface area contributed by atoms with Crippen LogP contribution in [-0.4, -0.2) is 61.3 Å². The van der Waals surface area contributed by atoms with Crippen LogP contribution in [-0.2, 0) is 4.79 Å². The van der Waals surface area contributed by atoms with E-state index in [9.17, 15) is 9.59 Å². The molecule has 0 aliphatic carbocycles. The van der Waals surface area contributed by atoms with Gasteiger partial charge in [-0.25, -0.2) is 0 Å². The van der Waals surface area contributed by atoms with E-state index in [1.807, 2.05) is 4.90 Å². The Labute approximate surface area is 153 Å². The van der Waals surface area contributed by atoms with Crippen molar-refractivity contribution in [2.75, 3.05) is 39.8 Å². The van der Waals surface area contributed by atoms with Gasteiger partial charge < -0.3 is 9.64 Å². The molecule has 136 valence electrons. The van der Waals surface area contributed by atoms with Crippen LogP contribution in [0, 0.1) is 5.92 Å². The Kier molecular flexibility index (Phi) is 5.97. The van der Waals surface area contributed by atoms with Gasteiger partial charge in [0.25, 0.3) is 0 Å². The number of ether oxygens (including phenoxy) is 1. The molecule has 0 spiro atoms.